The molecule has 3 heteroatoms. The van der Waals surface area contributed by atoms with Gasteiger partial charge in [0, 0.05) is 28.7 Å². The Labute approximate surface area is 87.0 Å². The number of hydrogen-bond acceptors (Lipinski definition) is 2. The summed E-state index contributed by atoms with van der Waals surface area (Å²) in [7, 11) is 0. The molecule has 0 aliphatic rings. The van der Waals surface area contributed by atoms with Gasteiger partial charge in [-0.15, -0.1) is 0 Å². The molecule has 0 aliphatic carbocycles. The van der Waals surface area contributed by atoms with Crippen LogP contribution in [0.15, 0.2) is 36.5 Å². The maximum absolute atomic E-state index is 10.8. The molecule has 0 radical (unpaired) electrons. The number of fused-ring (bicyclic) bond motifs is 1. The highest BCUT2D eigenvalue weighted by Crippen LogP contribution is 2.22. The van der Waals surface area contributed by atoms with Crippen LogP contribution in [-0.2, 0) is 4.79 Å². The molecule has 1 heterocycles. The number of aliphatic hydroxyl groups excluding tert-OH is 1. The summed E-state index contributed by atoms with van der Waals surface area (Å²) in [6.07, 6.45) is 2.91. The summed E-state index contributed by atoms with van der Waals surface area (Å²) in [6, 6.07) is 7.61. The number of ketones is 1. The van der Waals surface area contributed by atoms with E-state index in [1.807, 2.05) is 24.3 Å². The fourth-order valence-corrected chi connectivity index (χ4v) is 1.55. The van der Waals surface area contributed by atoms with Crippen molar-refractivity contribution >= 4 is 22.4 Å². The lowest BCUT2D eigenvalue weighted by molar-refractivity contribution is -0.112. The minimum atomic E-state index is -0.169. The first kappa shape index (κ1) is 9.52. The Bertz CT molecular complexity index is 537. The average Bonchev–Trinajstić information content (AvgIpc) is 2.59. The van der Waals surface area contributed by atoms with Crippen LogP contribution in [0.5, 0.6) is 0 Å². The fraction of sp³-hybridized carbons (Fsp3) is 0.0833. The van der Waals surface area contributed by atoms with Crippen molar-refractivity contribution in [1.82, 2.24) is 4.98 Å². The maximum Gasteiger partial charge on any atom is 0.156 e. The lowest BCUT2D eigenvalue weighted by Crippen LogP contribution is -1.87. The molecule has 0 unspecified atom stereocenters. The van der Waals surface area contributed by atoms with Crippen LogP contribution in [0.4, 0.5) is 0 Å². The number of hydrogen-bond donors (Lipinski definition) is 2. The lowest BCUT2D eigenvalue weighted by Gasteiger charge is -1.96. The van der Waals surface area contributed by atoms with Crippen molar-refractivity contribution in [1.29, 1.82) is 0 Å². The average molecular weight is 201 g/mol. The number of benzene rings is 1. The van der Waals surface area contributed by atoms with Crippen LogP contribution in [0, 0.1) is 0 Å². The van der Waals surface area contributed by atoms with E-state index in [0.29, 0.717) is 5.56 Å². The van der Waals surface area contributed by atoms with Crippen LogP contribution in [0.25, 0.3) is 16.7 Å². The van der Waals surface area contributed by atoms with Crippen molar-refractivity contribution in [3.05, 3.63) is 42.1 Å². The van der Waals surface area contributed by atoms with E-state index in [1.54, 1.807) is 6.20 Å². The molecule has 1 aromatic carbocycles. The number of carbonyl (C=O) groups is 1. The molecule has 1 aromatic heterocycles. The summed E-state index contributed by atoms with van der Waals surface area (Å²) in [5.41, 5.74) is 1.59. The second kappa shape index (κ2) is 3.61. The number of allylic oxidation sites excluding steroid dienone is 1. The van der Waals surface area contributed by atoms with Crippen molar-refractivity contribution in [2.75, 3.05) is 0 Å². The summed E-state index contributed by atoms with van der Waals surface area (Å²) in [5.74, 6) is -0.169. The van der Waals surface area contributed by atoms with Crippen LogP contribution in [-0.4, -0.2) is 15.9 Å². The molecular formula is C12H11NO2. The molecule has 2 aromatic rings. The molecule has 0 fully saturated rings. The first-order chi connectivity index (χ1) is 7.18. The van der Waals surface area contributed by atoms with Gasteiger partial charge in [-0.1, -0.05) is 18.2 Å². The molecule has 0 atom stereocenters. The van der Waals surface area contributed by atoms with Gasteiger partial charge in [0.1, 0.15) is 5.76 Å². The van der Waals surface area contributed by atoms with Gasteiger partial charge in [0.15, 0.2) is 5.78 Å². The highest BCUT2D eigenvalue weighted by atomic mass is 16.3. The molecule has 0 bridgehead atoms. The number of aromatic amines is 1. The van der Waals surface area contributed by atoms with Gasteiger partial charge in [0.2, 0.25) is 0 Å². The fourth-order valence-electron chi connectivity index (χ4n) is 1.55. The van der Waals surface area contributed by atoms with Crippen molar-refractivity contribution < 1.29 is 9.90 Å². The van der Waals surface area contributed by atoms with Gasteiger partial charge < -0.3 is 10.1 Å². The number of para-hydroxylation sites is 1. The van der Waals surface area contributed by atoms with E-state index in [1.165, 1.54) is 13.0 Å². The van der Waals surface area contributed by atoms with Gasteiger partial charge in [-0.25, -0.2) is 0 Å². The van der Waals surface area contributed by atoms with Gasteiger partial charge >= 0.3 is 0 Å². The first-order valence-electron chi connectivity index (χ1n) is 4.66. The molecule has 2 N–H and O–H groups in total. The first-order valence-corrected chi connectivity index (χ1v) is 4.66. The molecule has 2 rings (SSSR count). The molecule has 0 saturated heterocycles. The van der Waals surface area contributed by atoms with Crippen molar-refractivity contribution in [3.63, 3.8) is 0 Å². The van der Waals surface area contributed by atoms with Crippen molar-refractivity contribution in [2.45, 2.75) is 6.92 Å². The number of carbonyl (C=O) groups excluding carboxylic acids is 1. The zero-order valence-corrected chi connectivity index (χ0v) is 8.32. The number of H-pyrrole nitrogens is 1. The second-order valence-corrected chi connectivity index (χ2v) is 3.39. The standard InChI is InChI=1S/C12H11NO2/c1-8(14)6-12(15)10-7-13-11-5-3-2-4-9(10)11/h2-7,13,15H,1H3. The Morgan fingerprint density at radius 1 is 1.40 bits per heavy atom. The normalized spacial score (nSPS) is 11.9. The van der Waals surface area contributed by atoms with Crippen LogP contribution >= 0.6 is 0 Å². The highest BCUT2D eigenvalue weighted by molar-refractivity contribution is 5.98. The van der Waals surface area contributed by atoms with E-state index in [9.17, 15) is 9.90 Å². The lowest BCUT2D eigenvalue weighted by atomic mass is 10.1. The Morgan fingerprint density at radius 3 is 2.87 bits per heavy atom. The molecule has 3 nitrogen and oxygen atoms in total. The summed E-state index contributed by atoms with van der Waals surface area (Å²) in [6.45, 7) is 1.41. The highest BCUT2D eigenvalue weighted by Gasteiger charge is 2.06. The summed E-state index contributed by atoms with van der Waals surface area (Å²) in [4.78, 5) is 13.9. The van der Waals surface area contributed by atoms with E-state index in [0.717, 1.165) is 10.9 Å². The number of rotatable bonds is 2. The Hall–Kier alpha value is -2.03. The zero-order valence-electron chi connectivity index (χ0n) is 8.32. The van der Waals surface area contributed by atoms with Crippen LogP contribution in [0.3, 0.4) is 0 Å². The minimum absolute atomic E-state index is 0.0000463. The summed E-state index contributed by atoms with van der Waals surface area (Å²) < 4.78 is 0. The van der Waals surface area contributed by atoms with Crippen molar-refractivity contribution in [2.24, 2.45) is 0 Å². The zero-order chi connectivity index (χ0) is 10.8. The SMILES string of the molecule is CC(=O)C=C(O)c1c[nH]c2ccccc12. The third-order valence-corrected chi connectivity index (χ3v) is 2.21. The Kier molecular flexibility index (Phi) is 2.29. The monoisotopic (exact) mass is 201 g/mol. The predicted molar refractivity (Wildman–Crippen MR) is 59.6 cm³/mol. The third-order valence-electron chi connectivity index (χ3n) is 2.21. The number of aromatic nitrogens is 1. The van der Waals surface area contributed by atoms with E-state index in [-0.39, 0.29) is 11.5 Å². The largest absolute Gasteiger partial charge is 0.507 e. The number of aliphatic hydroxyl groups is 1. The summed E-state index contributed by atoms with van der Waals surface area (Å²) in [5, 5.41) is 10.6. The van der Waals surface area contributed by atoms with E-state index >= 15 is 0 Å². The van der Waals surface area contributed by atoms with Gasteiger partial charge in [-0.2, -0.15) is 0 Å². The molecule has 76 valence electrons. The third kappa shape index (κ3) is 1.76. The quantitative estimate of drug-likeness (QED) is 0.579. The smallest absolute Gasteiger partial charge is 0.156 e. The Balaban J connectivity index is 2.57. The van der Waals surface area contributed by atoms with E-state index in [4.69, 9.17) is 0 Å². The minimum Gasteiger partial charge on any atom is -0.507 e. The maximum atomic E-state index is 10.8. The molecule has 0 amide bonds. The predicted octanol–water partition coefficient (Wildman–Crippen LogP) is 2.66. The molecular weight excluding hydrogens is 190 g/mol. The summed E-state index contributed by atoms with van der Waals surface area (Å²) >= 11 is 0. The van der Waals surface area contributed by atoms with Gasteiger partial charge in [-0.3, -0.25) is 4.79 Å². The van der Waals surface area contributed by atoms with Gasteiger partial charge in [0.05, 0.1) is 0 Å². The van der Waals surface area contributed by atoms with Crippen LogP contribution < -0.4 is 0 Å². The van der Waals surface area contributed by atoms with E-state index < -0.39 is 0 Å². The van der Waals surface area contributed by atoms with Crippen LogP contribution in [0.1, 0.15) is 12.5 Å². The van der Waals surface area contributed by atoms with E-state index in [2.05, 4.69) is 4.98 Å². The second-order valence-electron chi connectivity index (χ2n) is 3.39. The van der Waals surface area contributed by atoms with Crippen LogP contribution in [0.2, 0.25) is 0 Å². The van der Waals surface area contributed by atoms with Gasteiger partial charge in [-0.05, 0) is 13.0 Å². The topological polar surface area (TPSA) is 53.1 Å². The molecule has 0 saturated carbocycles. The van der Waals surface area contributed by atoms with Crippen molar-refractivity contribution in [3.8, 4) is 0 Å². The molecule has 0 aliphatic heterocycles. The molecule has 15 heavy (non-hydrogen) atoms. The van der Waals surface area contributed by atoms with Gasteiger partial charge in [0.25, 0.3) is 0 Å². The number of nitrogens with one attached hydrogen (secondary N) is 1. The Morgan fingerprint density at radius 2 is 2.13 bits per heavy atom. The molecule has 0 spiro atoms.